The van der Waals surface area contributed by atoms with Crippen LogP contribution >= 0.6 is 0 Å². The minimum absolute atomic E-state index is 0.573. The van der Waals surface area contributed by atoms with E-state index in [0.717, 1.165) is 11.8 Å². The molecule has 1 aromatic rings. The molecule has 1 saturated heterocycles. The highest BCUT2D eigenvalue weighted by atomic mass is 15.2. The topological polar surface area (TPSA) is 3.24 Å². The minimum atomic E-state index is 0.573. The van der Waals surface area contributed by atoms with Crippen LogP contribution in [-0.4, -0.2) is 18.0 Å². The molecule has 1 heterocycles. The van der Waals surface area contributed by atoms with Crippen LogP contribution in [0.2, 0.25) is 0 Å². The van der Waals surface area contributed by atoms with Crippen LogP contribution in [0.15, 0.2) is 30.3 Å². The van der Waals surface area contributed by atoms with Gasteiger partial charge in [-0.15, -0.1) is 0 Å². The second-order valence-electron chi connectivity index (χ2n) is 5.70. The van der Waals surface area contributed by atoms with E-state index >= 15 is 0 Å². The zero-order valence-corrected chi connectivity index (χ0v) is 11.4. The fraction of sp³-hybridized carbons (Fsp3) is 0.625. The van der Waals surface area contributed by atoms with E-state index in [2.05, 4.69) is 56.0 Å². The highest BCUT2D eigenvalue weighted by molar-refractivity contribution is 5.18. The highest BCUT2D eigenvalue weighted by Gasteiger charge is 2.24. The van der Waals surface area contributed by atoms with Crippen LogP contribution in [0.1, 0.15) is 45.2 Å². The molecule has 1 heteroatoms. The predicted octanol–water partition coefficient (Wildman–Crippen LogP) is 4.12. The van der Waals surface area contributed by atoms with Crippen molar-refractivity contribution >= 4 is 0 Å². The minimum Gasteiger partial charge on any atom is -0.297 e. The lowest BCUT2D eigenvalue weighted by Gasteiger charge is -2.37. The molecule has 1 aromatic carbocycles. The Morgan fingerprint density at radius 2 is 1.59 bits per heavy atom. The summed E-state index contributed by atoms with van der Waals surface area (Å²) in [6.45, 7) is 9.59. The molecule has 0 N–H and O–H groups in total. The Morgan fingerprint density at radius 3 is 2.12 bits per heavy atom. The van der Waals surface area contributed by atoms with Crippen molar-refractivity contribution in [2.75, 3.05) is 13.1 Å². The molecule has 0 aliphatic carbocycles. The van der Waals surface area contributed by atoms with E-state index in [1.807, 2.05) is 0 Å². The summed E-state index contributed by atoms with van der Waals surface area (Å²) in [6.07, 6.45) is 2.74. The monoisotopic (exact) mass is 231 g/mol. The first-order valence-electron chi connectivity index (χ1n) is 6.97. The van der Waals surface area contributed by atoms with Gasteiger partial charge in [-0.2, -0.15) is 0 Å². The second-order valence-corrected chi connectivity index (χ2v) is 5.70. The summed E-state index contributed by atoms with van der Waals surface area (Å²) in [5, 5.41) is 0. The Kier molecular flexibility index (Phi) is 4.22. The van der Waals surface area contributed by atoms with E-state index in [1.54, 1.807) is 0 Å². The SMILES string of the molecule is CC(C)C1CCN([C@@H](C)c2ccccc2)CC1. The summed E-state index contributed by atoms with van der Waals surface area (Å²) < 4.78 is 0. The molecule has 0 radical (unpaired) electrons. The largest absolute Gasteiger partial charge is 0.297 e. The fourth-order valence-corrected chi connectivity index (χ4v) is 2.92. The lowest BCUT2D eigenvalue weighted by molar-refractivity contribution is 0.122. The number of piperidine rings is 1. The van der Waals surface area contributed by atoms with Gasteiger partial charge in [0.1, 0.15) is 0 Å². The number of hydrogen-bond donors (Lipinski definition) is 0. The smallest absolute Gasteiger partial charge is 0.0319 e. The molecule has 1 nitrogen and oxygen atoms in total. The standard InChI is InChI=1S/C16H25N/c1-13(2)15-9-11-17(12-10-15)14(3)16-7-5-4-6-8-16/h4-8,13-15H,9-12H2,1-3H3/t14-/m0/s1. The van der Waals surface area contributed by atoms with Crippen molar-refractivity contribution in [1.82, 2.24) is 4.90 Å². The van der Waals surface area contributed by atoms with Crippen LogP contribution in [0, 0.1) is 11.8 Å². The lowest BCUT2D eigenvalue weighted by Crippen LogP contribution is -2.36. The molecule has 94 valence electrons. The van der Waals surface area contributed by atoms with E-state index < -0.39 is 0 Å². The number of benzene rings is 1. The number of hydrogen-bond acceptors (Lipinski definition) is 1. The maximum Gasteiger partial charge on any atom is 0.0319 e. The second kappa shape index (κ2) is 5.68. The van der Waals surface area contributed by atoms with Crippen LogP contribution in [-0.2, 0) is 0 Å². The van der Waals surface area contributed by atoms with E-state index in [4.69, 9.17) is 0 Å². The molecule has 0 unspecified atom stereocenters. The lowest BCUT2D eigenvalue weighted by atomic mass is 9.86. The maximum absolute atomic E-state index is 2.63. The Morgan fingerprint density at radius 1 is 1.00 bits per heavy atom. The van der Waals surface area contributed by atoms with Crippen LogP contribution in [0.5, 0.6) is 0 Å². The first kappa shape index (κ1) is 12.6. The van der Waals surface area contributed by atoms with Crippen LogP contribution in [0.25, 0.3) is 0 Å². The normalized spacial score (nSPS) is 20.7. The van der Waals surface area contributed by atoms with E-state index in [1.165, 1.54) is 31.5 Å². The molecule has 0 spiro atoms. The Balaban J connectivity index is 1.93. The van der Waals surface area contributed by atoms with Gasteiger partial charge >= 0.3 is 0 Å². The van der Waals surface area contributed by atoms with Crippen molar-refractivity contribution in [3.05, 3.63) is 35.9 Å². The van der Waals surface area contributed by atoms with Gasteiger partial charge in [0.05, 0.1) is 0 Å². The van der Waals surface area contributed by atoms with Crippen LogP contribution in [0.3, 0.4) is 0 Å². The Labute approximate surface area is 106 Å². The molecule has 2 rings (SSSR count). The molecule has 17 heavy (non-hydrogen) atoms. The predicted molar refractivity (Wildman–Crippen MR) is 74.0 cm³/mol. The molecular weight excluding hydrogens is 206 g/mol. The Bertz CT molecular complexity index is 323. The summed E-state index contributed by atoms with van der Waals surface area (Å²) in [5.74, 6) is 1.79. The summed E-state index contributed by atoms with van der Waals surface area (Å²) in [7, 11) is 0. The molecule has 1 atom stereocenters. The zero-order chi connectivity index (χ0) is 12.3. The maximum atomic E-state index is 2.63. The van der Waals surface area contributed by atoms with Gasteiger partial charge in [0.15, 0.2) is 0 Å². The van der Waals surface area contributed by atoms with Gasteiger partial charge in [0.25, 0.3) is 0 Å². The van der Waals surface area contributed by atoms with E-state index in [-0.39, 0.29) is 0 Å². The van der Waals surface area contributed by atoms with Crippen LogP contribution < -0.4 is 0 Å². The van der Waals surface area contributed by atoms with Gasteiger partial charge in [-0.1, -0.05) is 44.2 Å². The van der Waals surface area contributed by atoms with Crippen molar-refractivity contribution in [2.45, 2.75) is 39.7 Å². The summed E-state index contributed by atoms with van der Waals surface area (Å²) >= 11 is 0. The number of likely N-dealkylation sites (tertiary alicyclic amines) is 1. The molecular formula is C16H25N. The van der Waals surface area contributed by atoms with Crippen molar-refractivity contribution in [3.8, 4) is 0 Å². The highest BCUT2D eigenvalue weighted by Crippen LogP contribution is 2.29. The third-order valence-electron chi connectivity index (χ3n) is 4.35. The average Bonchev–Trinajstić information content (AvgIpc) is 2.39. The summed E-state index contributed by atoms with van der Waals surface area (Å²) in [4.78, 5) is 2.63. The summed E-state index contributed by atoms with van der Waals surface area (Å²) in [6, 6.07) is 11.5. The van der Waals surface area contributed by atoms with Gasteiger partial charge in [0.2, 0.25) is 0 Å². The number of rotatable bonds is 3. The van der Waals surface area contributed by atoms with E-state index in [9.17, 15) is 0 Å². The fourth-order valence-electron chi connectivity index (χ4n) is 2.92. The summed E-state index contributed by atoms with van der Waals surface area (Å²) in [5.41, 5.74) is 1.45. The molecule has 0 bridgehead atoms. The van der Waals surface area contributed by atoms with Crippen molar-refractivity contribution in [2.24, 2.45) is 11.8 Å². The van der Waals surface area contributed by atoms with Crippen LogP contribution in [0.4, 0.5) is 0 Å². The molecule has 1 aliphatic rings. The molecule has 0 aromatic heterocycles. The van der Waals surface area contributed by atoms with Crippen molar-refractivity contribution < 1.29 is 0 Å². The van der Waals surface area contributed by atoms with Gasteiger partial charge in [-0.3, -0.25) is 4.90 Å². The number of nitrogens with zero attached hydrogens (tertiary/aromatic N) is 1. The third-order valence-corrected chi connectivity index (χ3v) is 4.35. The quantitative estimate of drug-likeness (QED) is 0.756. The zero-order valence-electron chi connectivity index (χ0n) is 11.4. The van der Waals surface area contributed by atoms with Gasteiger partial charge in [0, 0.05) is 6.04 Å². The van der Waals surface area contributed by atoms with Gasteiger partial charge < -0.3 is 0 Å². The van der Waals surface area contributed by atoms with Gasteiger partial charge in [-0.05, 0) is 50.3 Å². The molecule has 1 fully saturated rings. The van der Waals surface area contributed by atoms with E-state index in [0.29, 0.717) is 6.04 Å². The van der Waals surface area contributed by atoms with Gasteiger partial charge in [-0.25, -0.2) is 0 Å². The average molecular weight is 231 g/mol. The Hall–Kier alpha value is -0.820. The van der Waals surface area contributed by atoms with Crippen molar-refractivity contribution in [1.29, 1.82) is 0 Å². The molecule has 1 aliphatic heterocycles. The first-order valence-corrected chi connectivity index (χ1v) is 6.97. The third kappa shape index (κ3) is 3.10. The molecule has 0 saturated carbocycles. The molecule has 0 amide bonds. The van der Waals surface area contributed by atoms with Crippen molar-refractivity contribution in [3.63, 3.8) is 0 Å². The first-order chi connectivity index (χ1) is 8.18.